The summed E-state index contributed by atoms with van der Waals surface area (Å²) in [5.74, 6) is 0.157. The van der Waals surface area contributed by atoms with E-state index in [0.29, 0.717) is 55.0 Å². The fourth-order valence-corrected chi connectivity index (χ4v) is 5.65. The minimum atomic E-state index is -0.252. The average Bonchev–Trinajstić information content (AvgIpc) is 3.57. The molecule has 1 saturated heterocycles. The Morgan fingerprint density at radius 1 is 1.33 bits per heavy atom. The van der Waals surface area contributed by atoms with Gasteiger partial charge in [-0.05, 0) is 36.4 Å². The van der Waals surface area contributed by atoms with Crippen LogP contribution >= 0.6 is 23.1 Å². The van der Waals surface area contributed by atoms with Crippen molar-refractivity contribution in [3.05, 3.63) is 59.6 Å². The van der Waals surface area contributed by atoms with E-state index >= 15 is 0 Å². The number of anilines is 1. The van der Waals surface area contributed by atoms with Crippen molar-refractivity contribution in [2.24, 2.45) is 0 Å². The lowest BCUT2D eigenvalue weighted by Crippen LogP contribution is -2.40. The largest absolute Gasteiger partial charge is 0.496 e. The van der Waals surface area contributed by atoms with Crippen molar-refractivity contribution in [2.75, 3.05) is 45.3 Å². The quantitative estimate of drug-likeness (QED) is 0.364. The van der Waals surface area contributed by atoms with E-state index in [1.807, 2.05) is 25.1 Å². The molecule has 0 bridgehead atoms. The summed E-state index contributed by atoms with van der Waals surface area (Å²) < 4.78 is 11.8. The first-order chi connectivity index (χ1) is 17.5. The van der Waals surface area contributed by atoms with E-state index in [4.69, 9.17) is 9.47 Å². The van der Waals surface area contributed by atoms with Crippen LogP contribution in [0.25, 0.3) is 6.08 Å². The fourth-order valence-electron chi connectivity index (χ4n) is 3.67. The van der Waals surface area contributed by atoms with Gasteiger partial charge in [0.15, 0.2) is 5.13 Å². The Hall–Kier alpha value is -3.12. The Bertz CT molecular complexity index is 1230. The van der Waals surface area contributed by atoms with E-state index in [2.05, 4.69) is 27.2 Å². The van der Waals surface area contributed by atoms with Crippen molar-refractivity contribution in [1.82, 2.24) is 20.2 Å². The summed E-state index contributed by atoms with van der Waals surface area (Å²) >= 11 is 2.82. The molecule has 11 heteroatoms. The third-order valence-corrected chi connectivity index (χ3v) is 7.64. The highest BCUT2D eigenvalue weighted by atomic mass is 32.2. The van der Waals surface area contributed by atoms with Crippen LogP contribution in [0.15, 0.2) is 46.1 Å². The molecule has 3 N–H and O–H groups in total. The Kier molecular flexibility index (Phi) is 8.81. The highest BCUT2D eigenvalue weighted by Crippen LogP contribution is 2.39. The van der Waals surface area contributed by atoms with E-state index in [1.54, 1.807) is 30.3 Å². The fraction of sp³-hybridized carbons (Fsp3) is 0.320. The molecule has 0 unspecified atom stereocenters. The number of aromatic amines is 1. The summed E-state index contributed by atoms with van der Waals surface area (Å²) in [6.45, 7) is 9.60. The number of nitrogens with zero attached hydrogens (tertiary/aromatic N) is 2. The molecule has 0 spiro atoms. The number of hydrogen-bond acceptors (Lipinski definition) is 8. The summed E-state index contributed by atoms with van der Waals surface area (Å²) in [5, 5.41) is 6.55. The average molecular weight is 528 g/mol. The van der Waals surface area contributed by atoms with Crippen LogP contribution in [0.3, 0.4) is 0 Å². The van der Waals surface area contributed by atoms with Crippen molar-refractivity contribution in [3.63, 3.8) is 0 Å². The predicted octanol–water partition coefficient (Wildman–Crippen LogP) is 4.11. The molecule has 0 atom stereocenters. The van der Waals surface area contributed by atoms with E-state index in [9.17, 15) is 9.59 Å². The van der Waals surface area contributed by atoms with E-state index in [0.717, 1.165) is 26.9 Å². The van der Waals surface area contributed by atoms with Gasteiger partial charge in [-0.1, -0.05) is 42.7 Å². The van der Waals surface area contributed by atoms with Gasteiger partial charge in [0.1, 0.15) is 11.4 Å². The monoisotopic (exact) mass is 527 g/mol. The smallest absolute Gasteiger partial charge is 0.273 e. The van der Waals surface area contributed by atoms with Crippen LogP contribution in [-0.4, -0.2) is 66.6 Å². The van der Waals surface area contributed by atoms with Gasteiger partial charge in [0.2, 0.25) is 0 Å². The number of nitrogens with one attached hydrogen (secondary N) is 3. The number of thiazole rings is 1. The number of aromatic nitrogens is 2. The summed E-state index contributed by atoms with van der Waals surface area (Å²) in [6.07, 6.45) is 3.44. The Morgan fingerprint density at radius 3 is 2.86 bits per heavy atom. The minimum absolute atomic E-state index is 0.0932. The van der Waals surface area contributed by atoms with Gasteiger partial charge in [0.25, 0.3) is 11.8 Å². The van der Waals surface area contributed by atoms with Crippen LogP contribution < -0.4 is 15.4 Å². The standard InChI is InChI=1S/C25H29N5O4S2/c1-4-16-12-20(33-3)18(24(32)30-8-10-34-11-9-30)13-21(16)35-22-15-27-25(36-22)29-23(31)19-7-6-17(28-19)14-26-5-2/h4,6-7,12-13,15,26,28H,1,5,8-11,14H2,2-3H3,(H,27,29,31). The van der Waals surface area contributed by atoms with Crippen molar-refractivity contribution in [3.8, 4) is 5.75 Å². The van der Waals surface area contributed by atoms with Crippen LogP contribution in [-0.2, 0) is 11.3 Å². The molecule has 2 amide bonds. The summed E-state index contributed by atoms with van der Waals surface area (Å²) in [5.41, 5.74) is 2.75. The predicted molar refractivity (Wildman–Crippen MR) is 142 cm³/mol. The molecule has 4 rings (SSSR count). The Balaban J connectivity index is 1.49. The number of methoxy groups -OCH3 is 1. The van der Waals surface area contributed by atoms with Crippen molar-refractivity contribution < 1.29 is 19.1 Å². The van der Waals surface area contributed by atoms with Crippen LogP contribution in [0, 0.1) is 0 Å². The van der Waals surface area contributed by atoms with E-state index in [1.165, 1.54) is 23.1 Å². The summed E-state index contributed by atoms with van der Waals surface area (Å²) in [4.78, 5) is 35.9. The van der Waals surface area contributed by atoms with E-state index < -0.39 is 0 Å². The van der Waals surface area contributed by atoms with Crippen LogP contribution in [0.2, 0.25) is 0 Å². The number of rotatable bonds is 10. The van der Waals surface area contributed by atoms with Crippen LogP contribution in [0.5, 0.6) is 5.75 Å². The molecule has 36 heavy (non-hydrogen) atoms. The zero-order chi connectivity index (χ0) is 25.5. The number of carbonyl (C=O) groups excluding carboxylic acids is 2. The highest BCUT2D eigenvalue weighted by molar-refractivity contribution is 8.01. The van der Waals surface area contributed by atoms with Gasteiger partial charge in [-0.2, -0.15) is 0 Å². The van der Waals surface area contributed by atoms with E-state index in [-0.39, 0.29) is 11.8 Å². The van der Waals surface area contributed by atoms with Crippen molar-refractivity contribution in [2.45, 2.75) is 22.6 Å². The first kappa shape index (κ1) is 26.0. The molecule has 3 heterocycles. The molecule has 9 nitrogen and oxygen atoms in total. The van der Waals surface area contributed by atoms with Gasteiger partial charge in [-0.25, -0.2) is 4.98 Å². The third-order valence-electron chi connectivity index (χ3n) is 5.55. The molecular formula is C25H29N5O4S2. The molecular weight excluding hydrogens is 498 g/mol. The lowest BCUT2D eigenvalue weighted by molar-refractivity contribution is 0.0300. The van der Waals surface area contributed by atoms with Gasteiger partial charge in [0, 0.05) is 30.2 Å². The van der Waals surface area contributed by atoms with Gasteiger partial charge in [0.05, 0.1) is 36.3 Å². The molecule has 1 aromatic carbocycles. The van der Waals surface area contributed by atoms with Crippen LogP contribution in [0.1, 0.15) is 39.0 Å². The molecule has 1 aliphatic heterocycles. The number of hydrogen-bond donors (Lipinski definition) is 3. The molecule has 2 aromatic heterocycles. The maximum Gasteiger partial charge on any atom is 0.273 e. The third kappa shape index (κ3) is 6.16. The number of amides is 2. The lowest BCUT2D eigenvalue weighted by Gasteiger charge is -2.27. The molecule has 1 fully saturated rings. The molecule has 190 valence electrons. The molecule has 0 saturated carbocycles. The van der Waals surface area contributed by atoms with Gasteiger partial charge in [-0.15, -0.1) is 0 Å². The number of carbonyl (C=O) groups is 2. The second-order valence-electron chi connectivity index (χ2n) is 7.92. The zero-order valence-electron chi connectivity index (χ0n) is 20.3. The molecule has 3 aromatic rings. The second-order valence-corrected chi connectivity index (χ2v) is 10.3. The number of morpholine rings is 1. The Morgan fingerprint density at radius 2 is 2.14 bits per heavy atom. The first-order valence-corrected chi connectivity index (χ1v) is 13.2. The molecule has 1 aliphatic rings. The summed E-state index contributed by atoms with van der Waals surface area (Å²) in [6, 6.07) is 7.30. The topological polar surface area (TPSA) is 109 Å². The zero-order valence-corrected chi connectivity index (χ0v) is 21.9. The molecule has 0 aliphatic carbocycles. The van der Waals surface area contributed by atoms with Crippen molar-refractivity contribution >= 4 is 46.1 Å². The molecule has 0 radical (unpaired) electrons. The normalized spacial score (nSPS) is 13.4. The first-order valence-electron chi connectivity index (χ1n) is 11.6. The lowest BCUT2D eigenvalue weighted by atomic mass is 10.1. The number of H-pyrrole nitrogens is 1. The SMILES string of the molecule is C=Cc1cc(OC)c(C(=O)N2CCOCC2)cc1Sc1cnc(NC(=O)c2ccc(CNCC)[nH]2)s1. The van der Waals surface area contributed by atoms with Crippen molar-refractivity contribution in [1.29, 1.82) is 0 Å². The number of benzene rings is 1. The minimum Gasteiger partial charge on any atom is -0.496 e. The maximum atomic E-state index is 13.2. The summed E-state index contributed by atoms with van der Waals surface area (Å²) in [7, 11) is 1.55. The van der Waals surface area contributed by atoms with Gasteiger partial charge < -0.3 is 24.7 Å². The Labute approximate surface area is 218 Å². The van der Waals surface area contributed by atoms with Crippen LogP contribution in [0.4, 0.5) is 5.13 Å². The highest BCUT2D eigenvalue weighted by Gasteiger charge is 2.23. The van der Waals surface area contributed by atoms with Gasteiger partial charge in [-0.3, -0.25) is 14.9 Å². The second kappa shape index (κ2) is 12.2. The number of ether oxygens (including phenoxy) is 2. The maximum absolute atomic E-state index is 13.2. The van der Waals surface area contributed by atoms with Gasteiger partial charge >= 0.3 is 0 Å².